The molecule has 0 unspecified atom stereocenters. The Hall–Kier alpha value is -3.30. The molecule has 1 aromatic heterocycles. The molecule has 1 heterocycles. The van der Waals surface area contributed by atoms with Crippen molar-refractivity contribution in [3.63, 3.8) is 0 Å². The number of ether oxygens (including phenoxy) is 1. The smallest absolute Gasteiger partial charge is 0.164 e. The number of fused-ring (bicyclic) bond motifs is 1. The van der Waals surface area contributed by atoms with Gasteiger partial charge < -0.3 is 4.74 Å². The third-order valence-electron chi connectivity index (χ3n) is 3.48. The second-order valence-electron chi connectivity index (χ2n) is 5.92. The number of benzene rings is 2. The van der Waals surface area contributed by atoms with Crippen LogP contribution in [0.1, 0.15) is 25.1 Å². The summed E-state index contributed by atoms with van der Waals surface area (Å²) < 4.78 is 5.90. The third kappa shape index (κ3) is 3.72. The van der Waals surface area contributed by atoms with Crippen molar-refractivity contribution in [1.29, 1.82) is 5.26 Å². The summed E-state index contributed by atoms with van der Waals surface area (Å²) in [6, 6.07) is 19.1. The van der Waals surface area contributed by atoms with Gasteiger partial charge >= 0.3 is 0 Å². The lowest BCUT2D eigenvalue weighted by Crippen LogP contribution is -2.25. The zero-order valence-electron chi connectivity index (χ0n) is 13.6. The molecular formula is C21H16N2O. The Morgan fingerprint density at radius 2 is 1.71 bits per heavy atom. The average Bonchev–Trinajstić information content (AvgIpc) is 2.60. The van der Waals surface area contributed by atoms with Crippen molar-refractivity contribution < 1.29 is 4.74 Å². The molecule has 116 valence electrons. The largest absolute Gasteiger partial charge is 0.475 e. The number of hydrogen-bond donors (Lipinski definition) is 0. The minimum atomic E-state index is -0.665. The molecule has 0 saturated heterocycles. The van der Waals surface area contributed by atoms with Crippen LogP contribution in [0.25, 0.3) is 10.8 Å². The SMILES string of the molecule is CC(C)(C#Cc1cc2ccccc2cn1)Oc1ccc(C#N)cc1. The van der Waals surface area contributed by atoms with E-state index in [0.717, 1.165) is 10.8 Å². The summed E-state index contributed by atoms with van der Waals surface area (Å²) in [6.07, 6.45) is 1.83. The van der Waals surface area contributed by atoms with Crippen LogP contribution >= 0.6 is 0 Å². The van der Waals surface area contributed by atoms with Gasteiger partial charge in [-0.15, -0.1) is 0 Å². The molecule has 0 amide bonds. The highest BCUT2D eigenvalue weighted by atomic mass is 16.5. The summed E-state index contributed by atoms with van der Waals surface area (Å²) in [6.45, 7) is 3.80. The van der Waals surface area contributed by atoms with E-state index in [1.165, 1.54) is 0 Å². The molecule has 0 aliphatic carbocycles. The number of aromatic nitrogens is 1. The van der Waals surface area contributed by atoms with Crippen molar-refractivity contribution >= 4 is 10.8 Å². The molecular weight excluding hydrogens is 296 g/mol. The lowest BCUT2D eigenvalue weighted by molar-refractivity contribution is 0.172. The van der Waals surface area contributed by atoms with Crippen molar-refractivity contribution in [2.75, 3.05) is 0 Å². The Morgan fingerprint density at radius 1 is 1.00 bits per heavy atom. The Morgan fingerprint density at radius 3 is 2.42 bits per heavy atom. The van der Waals surface area contributed by atoms with Crippen molar-refractivity contribution in [2.24, 2.45) is 0 Å². The van der Waals surface area contributed by atoms with E-state index in [1.54, 1.807) is 24.3 Å². The molecule has 0 aliphatic rings. The first kappa shape index (κ1) is 15.6. The summed E-state index contributed by atoms with van der Waals surface area (Å²) in [5.74, 6) is 6.88. The van der Waals surface area contributed by atoms with E-state index in [1.807, 2.05) is 50.4 Å². The fourth-order valence-corrected chi connectivity index (χ4v) is 2.28. The number of pyridine rings is 1. The highest BCUT2D eigenvalue weighted by molar-refractivity contribution is 5.82. The molecule has 0 fully saturated rings. The van der Waals surface area contributed by atoms with Crippen LogP contribution in [0.2, 0.25) is 0 Å². The number of nitriles is 1. The average molecular weight is 312 g/mol. The van der Waals surface area contributed by atoms with Gasteiger partial charge in [0.05, 0.1) is 11.6 Å². The van der Waals surface area contributed by atoms with Gasteiger partial charge in [0.15, 0.2) is 5.60 Å². The van der Waals surface area contributed by atoms with E-state index in [4.69, 9.17) is 10.00 Å². The van der Waals surface area contributed by atoms with Gasteiger partial charge in [0, 0.05) is 11.6 Å². The van der Waals surface area contributed by atoms with Crippen LogP contribution < -0.4 is 4.74 Å². The molecule has 0 bridgehead atoms. The maximum Gasteiger partial charge on any atom is 0.164 e. The lowest BCUT2D eigenvalue weighted by Gasteiger charge is -2.20. The van der Waals surface area contributed by atoms with Gasteiger partial charge in [0.25, 0.3) is 0 Å². The Labute approximate surface area is 141 Å². The number of hydrogen-bond acceptors (Lipinski definition) is 3. The van der Waals surface area contributed by atoms with Crippen LogP contribution in [0.4, 0.5) is 0 Å². The molecule has 3 heteroatoms. The van der Waals surface area contributed by atoms with E-state index in [-0.39, 0.29) is 0 Å². The second-order valence-corrected chi connectivity index (χ2v) is 5.92. The molecule has 3 nitrogen and oxygen atoms in total. The third-order valence-corrected chi connectivity index (χ3v) is 3.48. The molecule has 3 rings (SSSR count). The zero-order chi connectivity index (χ0) is 17.0. The molecule has 0 atom stereocenters. The molecule has 2 aromatic carbocycles. The zero-order valence-corrected chi connectivity index (χ0v) is 13.6. The molecule has 0 radical (unpaired) electrons. The molecule has 0 aliphatic heterocycles. The van der Waals surface area contributed by atoms with Gasteiger partial charge in [-0.1, -0.05) is 24.3 Å². The predicted molar refractivity (Wildman–Crippen MR) is 94.5 cm³/mol. The lowest BCUT2D eigenvalue weighted by atomic mass is 10.1. The number of nitrogens with zero attached hydrogens (tertiary/aromatic N) is 2. The summed E-state index contributed by atoms with van der Waals surface area (Å²) in [7, 11) is 0. The fourth-order valence-electron chi connectivity index (χ4n) is 2.28. The van der Waals surface area contributed by atoms with Crippen molar-refractivity contribution in [1.82, 2.24) is 4.98 Å². The summed E-state index contributed by atoms with van der Waals surface area (Å²) >= 11 is 0. The summed E-state index contributed by atoms with van der Waals surface area (Å²) in [5, 5.41) is 11.0. The maximum atomic E-state index is 8.83. The van der Waals surface area contributed by atoms with E-state index >= 15 is 0 Å². The molecule has 0 N–H and O–H groups in total. The normalized spacial score (nSPS) is 10.5. The van der Waals surface area contributed by atoms with Gasteiger partial charge in [-0.05, 0) is 61.4 Å². The summed E-state index contributed by atoms with van der Waals surface area (Å²) in [4.78, 5) is 4.37. The van der Waals surface area contributed by atoms with Crippen LogP contribution in [0, 0.1) is 23.2 Å². The number of rotatable bonds is 2. The second kappa shape index (κ2) is 6.44. The van der Waals surface area contributed by atoms with E-state index in [2.05, 4.69) is 22.9 Å². The Kier molecular flexibility index (Phi) is 4.18. The van der Waals surface area contributed by atoms with Crippen LogP contribution in [0.15, 0.2) is 60.8 Å². The van der Waals surface area contributed by atoms with Crippen molar-refractivity contribution in [3.05, 3.63) is 72.1 Å². The van der Waals surface area contributed by atoms with Crippen LogP contribution in [0.5, 0.6) is 5.75 Å². The molecule has 24 heavy (non-hydrogen) atoms. The molecule has 0 spiro atoms. The first-order valence-corrected chi connectivity index (χ1v) is 7.63. The first-order valence-electron chi connectivity index (χ1n) is 7.63. The topological polar surface area (TPSA) is 45.9 Å². The minimum absolute atomic E-state index is 0.603. The fraction of sp³-hybridized carbons (Fsp3) is 0.143. The molecule has 0 saturated carbocycles. The van der Waals surface area contributed by atoms with Crippen molar-refractivity contribution in [2.45, 2.75) is 19.4 Å². The quantitative estimate of drug-likeness (QED) is 0.662. The Bertz CT molecular complexity index is 970. The summed E-state index contributed by atoms with van der Waals surface area (Å²) in [5.41, 5.74) is 0.651. The van der Waals surface area contributed by atoms with Crippen molar-refractivity contribution in [3.8, 4) is 23.7 Å². The maximum absolute atomic E-state index is 8.83. The van der Waals surface area contributed by atoms with Gasteiger partial charge in [-0.3, -0.25) is 0 Å². The molecule has 3 aromatic rings. The van der Waals surface area contributed by atoms with E-state index < -0.39 is 5.60 Å². The van der Waals surface area contributed by atoms with Gasteiger partial charge in [-0.2, -0.15) is 5.26 Å². The highest BCUT2D eigenvalue weighted by Crippen LogP contribution is 2.19. The Balaban J connectivity index is 1.80. The highest BCUT2D eigenvalue weighted by Gasteiger charge is 2.16. The first-order chi connectivity index (χ1) is 11.6. The van der Waals surface area contributed by atoms with Gasteiger partial charge in [0.2, 0.25) is 0 Å². The monoisotopic (exact) mass is 312 g/mol. The van der Waals surface area contributed by atoms with Crippen LogP contribution in [-0.4, -0.2) is 10.6 Å². The van der Waals surface area contributed by atoms with Gasteiger partial charge in [0.1, 0.15) is 11.4 Å². The minimum Gasteiger partial charge on any atom is -0.475 e. The van der Waals surface area contributed by atoms with Gasteiger partial charge in [-0.25, -0.2) is 4.98 Å². The standard InChI is InChI=1S/C21H16N2O/c1-21(2,24-20-9-7-16(14-22)8-10-20)12-11-19-13-17-5-3-4-6-18(17)15-23-19/h3-10,13,15H,1-2H3. The van der Waals surface area contributed by atoms with Crippen LogP contribution in [-0.2, 0) is 0 Å². The van der Waals surface area contributed by atoms with E-state index in [9.17, 15) is 0 Å². The van der Waals surface area contributed by atoms with Crippen LogP contribution in [0.3, 0.4) is 0 Å². The van der Waals surface area contributed by atoms with E-state index in [0.29, 0.717) is 17.0 Å². The predicted octanol–water partition coefficient (Wildman–Crippen LogP) is 4.32.